The number of hydrogen-bond donors (Lipinski definition) is 2. The van der Waals surface area contributed by atoms with Crippen molar-refractivity contribution in [3.8, 4) is 0 Å². The van der Waals surface area contributed by atoms with Crippen LogP contribution in [0.1, 0.15) is 29.6 Å². The van der Waals surface area contributed by atoms with Gasteiger partial charge in [0.2, 0.25) is 0 Å². The maximum atomic E-state index is 12.2. The molecule has 21 heavy (non-hydrogen) atoms. The summed E-state index contributed by atoms with van der Waals surface area (Å²) in [6.07, 6.45) is 3.50. The van der Waals surface area contributed by atoms with Gasteiger partial charge in [-0.3, -0.25) is 14.9 Å². The summed E-state index contributed by atoms with van der Waals surface area (Å²) in [7, 11) is 1.71. The molecule has 2 N–H and O–H groups in total. The van der Waals surface area contributed by atoms with Crippen LogP contribution in [0.2, 0.25) is 0 Å². The van der Waals surface area contributed by atoms with Gasteiger partial charge in [0.15, 0.2) is 0 Å². The molecule has 0 saturated carbocycles. The number of carbonyl (C=O) groups is 1. The van der Waals surface area contributed by atoms with Crippen molar-refractivity contribution in [1.82, 2.24) is 5.32 Å². The number of carbonyl (C=O) groups excluding carboxylic acids is 1. The van der Waals surface area contributed by atoms with Gasteiger partial charge in [-0.2, -0.15) is 11.8 Å². The highest BCUT2D eigenvalue weighted by Crippen LogP contribution is 2.25. The van der Waals surface area contributed by atoms with E-state index in [0.29, 0.717) is 17.5 Å². The number of nitrogens with one attached hydrogen (secondary N) is 2. The fourth-order valence-corrected chi connectivity index (χ4v) is 3.54. The molecule has 114 valence electrons. The van der Waals surface area contributed by atoms with Crippen LogP contribution in [0.25, 0.3) is 0 Å². The Hall–Kier alpha value is -1.76. The number of nitro benzene ring substituents is 1. The summed E-state index contributed by atoms with van der Waals surface area (Å²) in [5.74, 6) is 0.737. The van der Waals surface area contributed by atoms with Crippen molar-refractivity contribution in [3.05, 3.63) is 33.9 Å². The van der Waals surface area contributed by atoms with Gasteiger partial charge in [-0.1, -0.05) is 6.42 Å². The van der Waals surface area contributed by atoms with Crippen LogP contribution in [0.3, 0.4) is 0 Å². The summed E-state index contributed by atoms with van der Waals surface area (Å²) in [6, 6.07) is 4.46. The SMILES string of the molecule is CNc1ccc([N+](=O)[O-])c(C(=O)NCC2CCCCS2)c1. The largest absolute Gasteiger partial charge is 0.388 e. The molecule has 2 rings (SSSR count). The molecule has 0 aromatic heterocycles. The predicted molar refractivity (Wildman–Crippen MR) is 85.1 cm³/mol. The molecule has 0 aliphatic carbocycles. The molecule has 6 nitrogen and oxygen atoms in total. The van der Waals surface area contributed by atoms with E-state index in [0.717, 1.165) is 12.2 Å². The highest BCUT2D eigenvalue weighted by Gasteiger charge is 2.22. The number of rotatable bonds is 5. The van der Waals surface area contributed by atoms with Crippen molar-refractivity contribution in [3.63, 3.8) is 0 Å². The number of amides is 1. The van der Waals surface area contributed by atoms with Crippen molar-refractivity contribution in [1.29, 1.82) is 0 Å². The van der Waals surface area contributed by atoms with Crippen LogP contribution in [-0.2, 0) is 0 Å². The molecule has 1 amide bonds. The molecule has 1 unspecified atom stereocenters. The third-order valence-electron chi connectivity index (χ3n) is 3.49. The Morgan fingerprint density at radius 1 is 1.48 bits per heavy atom. The summed E-state index contributed by atoms with van der Waals surface area (Å²) in [4.78, 5) is 22.7. The van der Waals surface area contributed by atoms with Gasteiger partial charge in [0.1, 0.15) is 5.56 Å². The van der Waals surface area contributed by atoms with Crippen LogP contribution in [0, 0.1) is 10.1 Å². The fourth-order valence-electron chi connectivity index (χ4n) is 2.30. The molecule has 0 bridgehead atoms. The first kappa shape index (κ1) is 15.6. The highest BCUT2D eigenvalue weighted by molar-refractivity contribution is 7.99. The van der Waals surface area contributed by atoms with Crippen LogP contribution < -0.4 is 10.6 Å². The third-order valence-corrected chi connectivity index (χ3v) is 4.89. The Morgan fingerprint density at radius 2 is 2.29 bits per heavy atom. The first-order valence-electron chi connectivity index (χ1n) is 6.98. The number of nitrogens with zero attached hydrogens (tertiary/aromatic N) is 1. The molecule has 1 saturated heterocycles. The van der Waals surface area contributed by atoms with Crippen molar-refractivity contribution in [2.75, 3.05) is 24.7 Å². The molecule has 7 heteroatoms. The van der Waals surface area contributed by atoms with E-state index >= 15 is 0 Å². The second kappa shape index (κ2) is 7.31. The molecule has 1 aromatic carbocycles. The summed E-state index contributed by atoms with van der Waals surface area (Å²) < 4.78 is 0. The number of benzene rings is 1. The van der Waals surface area contributed by atoms with Gasteiger partial charge in [0, 0.05) is 30.6 Å². The van der Waals surface area contributed by atoms with Crippen LogP contribution in [-0.4, -0.2) is 35.4 Å². The quantitative estimate of drug-likeness (QED) is 0.645. The molecule has 1 aliphatic heterocycles. The number of anilines is 1. The van der Waals surface area contributed by atoms with Gasteiger partial charge in [-0.05, 0) is 30.7 Å². The maximum absolute atomic E-state index is 12.2. The number of thioether (sulfide) groups is 1. The number of nitro groups is 1. The second-order valence-electron chi connectivity index (χ2n) is 4.94. The average Bonchev–Trinajstić information content (AvgIpc) is 2.52. The first-order valence-corrected chi connectivity index (χ1v) is 8.02. The lowest BCUT2D eigenvalue weighted by Gasteiger charge is -2.21. The van der Waals surface area contributed by atoms with E-state index in [4.69, 9.17) is 0 Å². The monoisotopic (exact) mass is 309 g/mol. The van der Waals surface area contributed by atoms with Gasteiger partial charge >= 0.3 is 0 Å². The predicted octanol–water partition coefficient (Wildman–Crippen LogP) is 2.65. The molecular formula is C14H19N3O3S. The molecule has 1 fully saturated rings. The van der Waals surface area contributed by atoms with Crippen molar-refractivity contribution in [2.45, 2.75) is 24.5 Å². The minimum absolute atomic E-state index is 0.104. The zero-order valence-electron chi connectivity index (χ0n) is 11.9. The molecule has 0 radical (unpaired) electrons. The highest BCUT2D eigenvalue weighted by atomic mass is 32.2. The van der Waals surface area contributed by atoms with Crippen LogP contribution in [0.5, 0.6) is 0 Å². The molecule has 0 spiro atoms. The Labute approximate surface area is 127 Å². The summed E-state index contributed by atoms with van der Waals surface area (Å²) in [5.41, 5.74) is 0.619. The van der Waals surface area contributed by atoms with Crippen LogP contribution in [0.4, 0.5) is 11.4 Å². The van der Waals surface area contributed by atoms with Gasteiger partial charge in [-0.15, -0.1) is 0 Å². The smallest absolute Gasteiger partial charge is 0.282 e. The lowest BCUT2D eigenvalue weighted by Crippen LogP contribution is -2.32. The van der Waals surface area contributed by atoms with Gasteiger partial charge in [-0.25, -0.2) is 0 Å². The molecule has 1 aliphatic rings. The van der Waals surface area contributed by atoms with E-state index in [2.05, 4.69) is 10.6 Å². The normalized spacial score (nSPS) is 18.0. The summed E-state index contributed by atoms with van der Waals surface area (Å²) in [5, 5.41) is 17.2. The van der Waals surface area contributed by atoms with Crippen molar-refractivity contribution < 1.29 is 9.72 Å². The lowest BCUT2D eigenvalue weighted by molar-refractivity contribution is -0.385. The van der Waals surface area contributed by atoms with Gasteiger partial charge < -0.3 is 10.6 Å². The van der Waals surface area contributed by atoms with Crippen LogP contribution >= 0.6 is 11.8 Å². The van der Waals surface area contributed by atoms with Crippen molar-refractivity contribution >= 4 is 29.0 Å². The molecule has 1 aromatic rings. The summed E-state index contributed by atoms with van der Waals surface area (Å²) in [6.45, 7) is 0.560. The second-order valence-corrected chi connectivity index (χ2v) is 6.35. The Balaban J connectivity index is 2.07. The van der Waals surface area contributed by atoms with Crippen LogP contribution in [0.15, 0.2) is 18.2 Å². The zero-order valence-corrected chi connectivity index (χ0v) is 12.7. The molecule has 1 heterocycles. The minimum atomic E-state index is -0.524. The minimum Gasteiger partial charge on any atom is -0.388 e. The van der Waals surface area contributed by atoms with E-state index in [1.165, 1.54) is 25.0 Å². The Bertz CT molecular complexity index is 530. The number of hydrogen-bond acceptors (Lipinski definition) is 5. The van der Waals surface area contributed by atoms with Gasteiger partial charge in [0.05, 0.1) is 4.92 Å². The van der Waals surface area contributed by atoms with E-state index < -0.39 is 4.92 Å². The van der Waals surface area contributed by atoms with Gasteiger partial charge in [0.25, 0.3) is 11.6 Å². The lowest BCUT2D eigenvalue weighted by atomic mass is 10.1. The molecular weight excluding hydrogens is 290 g/mol. The fraction of sp³-hybridized carbons (Fsp3) is 0.500. The summed E-state index contributed by atoms with van der Waals surface area (Å²) >= 11 is 1.86. The first-order chi connectivity index (χ1) is 10.1. The van der Waals surface area contributed by atoms with E-state index in [1.807, 2.05) is 11.8 Å². The van der Waals surface area contributed by atoms with E-state index in [9.17, 15) is 14.9 Å². The molecule has 1 atom stereocenters. The van der Waals surface area contributed by atoms with E-state index in [1.54, 1.807) is 13.1 Å². The zero-order chi connectivity index (χ0) is 15.2. The topological polar surface area (TPSA) is 84.3 Å². The van der Waals surface area contributed by atoms with Crippen molar-refractivity contribution in [2.24, 2.45) is 0 Å². The third kappa shape index (κ3) is 4.10. The van der Waals surface area contributed by atoms with E-state index in [-0.39, 0.29) is 17.2 Å². The maximum Gasteiger partial charge on any atom is 0.282 e. The Kier molecular flexibility index (Phi) is 5.44. The Morgan fingerprint density at radius 3 is 2.90 bits per heavy atom. The standard InChI is InChI=1S/C14H19N3O3S/c1-15-10-5-6-13(17(19)20)12(8-10)14(18)16-9-11-4-2-3-7-21-11/h5-6,8,11,15H,2-4,7,9H2,1H3,(H,16,18). The average molecular weight is 309 g/mol.